The molecule has 33 heavy (non-hydrogen) atoms. The second-order valence-electron chi connectivity index (χ2n) is 6.48. The van der Waals surface area contributed by atoms with Crippen LogP contribution < -0.4 is 0 Å². The van der Waals surface area contributed by atoms with Crippen LogP contribution in [-0.4, -0.2) is 53.6 Å². The van der Waals surface area contributed by atoms with E-state index in [0.717, 1.165) is 0 Å². The zero-order valence-corrected chi connectivity index (χ0v) is 16.2. The number of benzene rings is 1. The maximum absolute atomic E-state index is 13.7. The fraction of sp³-hybridized carbons (Fsp3) is 0.625. The zero-order chi connectivity index (χ0) is 26.3. The molecule has 0 bridgehead atoms. The molecule has 0 spiro atoms. The van der Waals surface area contributed by atoms with E-state index in [1.165, 1.54) is 30.3 Å². The molecule has 0 unspecified atom stereocenters. The van der Waals surface area contributed by atoms with Gasteiger partial charge < -0.3 is 0 Å². The minimum absolute atomic E-state index is 0.138. The average molecular weight is 538 g/mol. The molecule has 0 heterocycles. The molecule has 1 aromatic carbocycles. The number of hydrogen-bond acceptors (Lipinski definition) is 1. The summed E-state index contributed by atoms with van der Waals surface area (Å²) in [4.78, 5) is 0. The Hall–Kier alpha value is -1.55. The van der Waals surface area contributed by atoms with Crippen LogP contribution in [0.1, 0.15) is 5.56 Å². The molecule has 0 nitrogen and oxygen atoms in total. The van der Waals surface area contributed by atoms with Gasteiger partial charge in [-0.2, -0.15) is 73.2 Å². The van der Waals surface area contributed by atoms with Gasteiger partial charge in [-0.3, -0.25) is 0 Å². The highest BCUT2D eigenvalue weighted by atomic mass is 32.2. The normalized spacial score (nSPS) is 15.3. The van der Waals surface area contributed by atoms with Gasteiger partial charge in [0.1, 0.15) is 0 Å². The van der Waals surface area contributed by atoms with Crippen molar-refractivity contribution in [2.24, 2.45) is 0 Å². The number of hydrogen-bond donors (Lipinski definition) is 0. The van der Waals surface area contributed by atoms with E-state index in [4.69, 9.17) is 0 Å². The van der Waals surface area contributed by atoms with Crippen molar-refractivity contribution in [3.63, 3.8) is 0 Å². The predicted octanol–water partition coefficient (Wildman–Crippen LogP) is 7.63. The van der Waals surface area contributed by atoms with Gasteiger partial charge in [0.15, 0.2) is 0 Å². The molecule has 0 aliphatic rings. The Kier molecular flexibility index (Phi) is 7.96. The molecule has 1 rings (SSSR count). The van der Waals surface area contributed by atoms with E-state index in [2.05, 4.69) is 0 Å². The third-order valence-electron chi connectivity index (χ3n) is 4.12. The first-order valence-electron chi connectivity index (χ1n) is 8.07. The minimum atomic E-state index is -8.35. The molecular weight excluding hydrogens is 528 g/mol. The van der Waals surface area contributed by atoms with E-state index in [-0.39, 0.29) is 17.3 Å². The molecule has 0 aliphatic carbocycles. The van der Waals surface area contributed by atoms with E-state index >= 15 is 0 Å². The van der Waals surface area contributed by atoms with Crippen LogP contribution in [-0.2, 0) is 5.75 Å². The van der Waals surface area contributed by atoms with Crippen molar-refractivity contribution in [1.82, 2.24) is 0 Å². The summed E-state index contributed by atoms with van der Waals surface area (Å²) in [7, 11) is 0. The number of halogens is 16. The van der Waals surface area contributed by atoms with Gasteiger partial charge in [-0.15, -0.1) is 0 Å². The summed E-state index contributed by atoms with van der Waals surface area (Å²) in [6.07, 6.45) is -5.85. The molecule has 0 saturated carbocycles. The van der Waals surface area contributed by atoms with E-state index < -0.39 is 59.4 Å². The first kappa shape index (κ1) is 29.5. The summed E-state index contributed by atoms with van der Waals surface area (Å²) < 4.78 is 211. The molecule has 0 fully saturated rings. The lowest BCUT2D eigenvalue weighted by atomic mass is 9.89. The summed E-state index contributed by atoms with van der Waals surface area (Å²) in [6, 6.07) is 6.55. The Morgan fingerprint density at radius 1 is 0.576 bits per heavy atom. The molecule has 0 amide bonds. The highest BCUT2D eigenvalue weighted by Gasteiger charge is 2.93. The monoisotopic (exact) mass is 538 g/mol. The van der Waals surface area contributed by atoms with Gasteiger partial charge in [0.05, 0.1) is 5.75 Å². The first-order chi connectivity index (χ1) is 14.5. The van der Waals surface area contributed by atoms with Crippen LogP contribution in [0.3, 0.4) is 0 Å². The van der Waals surface area contributed by atoms with Crippen LogP contribution in [0, 0.1) is 0 Å². The molecule has 0 aliphatic heterocycles. The standard InChI is InChI=1S/C16H10F16S/c17-9(18)11(21,22)13(25,26)15(29,30)16(31,32)14(27,28)12(23,24)10(19,20)7-33-6-8-4-2-1-3-5-8/h1-5,9H,6-7H2. The lowest BCUT2D eigenvalue weighted by Crippen LogP contribution is -2.73. The molecule has 1 aromatic rings. The molecule has 0 atom stereocenters. The second kappa shape index (κ2) is 8.91. The van der Waals surface area contributed by atoms with Crippen LogP contribution in [0.25, 0.3) is 0 Å². The molecule has 0 saturated heterocycles. The maximum Gasteiger partial charge on any atom is 0.384 e. The largest absolute Gasteiger partial charge is 0.384 e. The highest BCUT2D eigenvalue weighted by molar-refractivity contribution is 7.98. The van der Waals surface area contributed by atoms with Crippen LogP contribution in [0.15, 0.2) is 30.3 Å². The molecule has 0 aromatic heterocycles. The second-order valence-corrected chi connectivity index (χ2v) is 7.46. The van der Waals surface area contributed by atoms with E-state index in [0.29, 0.717) is 0 Å². The van der Waals surface area contributed by atoms with Gasteiger partial charge >= 0.3 is 47.9 Å². The summed E-state index contributed by atoms with van der Waals surface area (Å²) in [5.41, 5.74) is 0.138. The van der Waals surface area contributed by atoms with Crippen molar-refractivity contribution in [2.45, 2.75) is 53.6 Å². The number of rotatable bonds is 11. The predicted molar refractivity (Wildman–Crippen MR) is 83.2 cm³/mol. The first-order valence-corrected chi connectivity index (χ1v) is 9.22. The van der Waals surface area contributed by atoms with Crippen LogP contribution in [0.5, 0.6) is 0 Å². The van der Waals surface area contributed by atoms with Crippen molar-refractivity contribution in [2.75, 3.05) is 5.75 Å². The Bertz CT molecular complexity index is 789. The average Bonchev–Trinajstić information content (AvgIpc) is 2.67. The molecule has 17 heteroatoms. The summed E-state index contributed by atoms with van der Waals surface area (Å²) in [6.45, 7) is 0. The molecule has 0 radical (unpaired) electrons. The van der Waals surface area contributed by atoms with Crippen molar-refractivity contribution < 1.29 is 70.2 Å². The SMILES string of the molecule is FC(F)C(F)(F)C(F)(F)C(F)(F)C(F)(F)C(F)(F)C(F)(F)C(F)(F)CSCc1ccccc1. The maximum atomic E-state index is 13.7. The topological polar surface area (TPSA) is 0 Å². The van der Waals surface area contributed by atoms with Crippen molar-refractivity contribution in [3.8, 4) is 0 Å². The molecular formula is C16H10F16S. The Labute approximate surface area is 178 Å². The van der Waals surface area contributed by atoms with Gasteiger partial charge in [-0.1, -0.05) is 30.3 Å². The summed E-state index contributed by atoms with van der Waals surface area (Å²) in [5, 5.41) is 0. The van der Waals surface area contributed by atoms with Gasteiger partial charge in [0, 0.05) is 5.75 Å². The fourth-order valence-electron chi connectivity index (χ4n) is 2.13. The van der Waals surface area contributed by atoms with Gasteiger partial charge in [0.2, 0.25) is 0 Å². The van der Waals surface area contributed by atoms with E-state index in [1.807, 2.05) is 0 Å². The van der Waals surface area contributed by atoms with E-state index in [9.17, 15) is 70.2 Å². The third kappa shape index (κ3) is 4.57. The number of alkyl halides is 16. The minimum Gasteiger partial charge on any atom is -0.203 e. The Balaban J connectivity index is 3.31. The highest BCUT2D eigenvalue weighted by Crippen LogP contribution is 2.62. The van der Waals surface area contributed by atoms with Gasteiger partial charge in [0.25, 0.3) is 0 Å². The lowest BCUT2D eigenvalue weighted by Gasteiger charge is -2.42. The van der Waals surface area contributed by atoms with Crippen LogP contribution in [0.4, 0.5) is 70.2 Å². The summed E-state index contributed by atoms with van der Waals surface area (Å²) >= 11 is -0.275. The smallest absolute Gasteiger partial charge is 0.203 e. The number of thioether (sulfide) groups is 1. The van der Waals surface area contributed by atoms with Gasteiger partial charge in [-0.25, -0.2) is 8.78 Å². The summed E-state index contributed by atoms with van der Waals surface area (Å²) in [5.74, 6) is -57.1. The lowest BCUT2D eigenvalue weighted by molar-refractivity contribution is -0.445. The van der Waals surface area contributed by atoms with Crippen LogP contribution in [0.2, 0.25) is 0 Å². The molecule has 0 N–H and O–H groups in total. The Morgan fingerprint density at radius 3 is 1.39 bits per heavy atom. The fourth-order valence-corrected chi connectivity index (χ4v) is 3.10. The van der Waals surface area contributed by atoms with Crippen molar-refractivity contribution >= 4 is 11.8 Å². The molecule has 192 valence electrons. The zero-order valence-electron chi connectivity index (χ0n) is 15.3. The quantitative estimate of drug-likeness (QED) is 0.261. The third-order valence-corrected chi connectivity index (χ3v) is 5.23. The van der Waals surface area contributed by atoms with Crippen LogP contribution >= 0.6 is 11.8 Å². The Morgan fingerprint density at radius 2 is 0.970 bits per heavy atom. The van der Waals surface area contributed by atoms with Gasteiger partial charge in [-0.05, 0) is 5.56 Å². The van der Waals surface area contributed by atoms with E-state index in [1.54, 1.807) is 0 Å². The van der Waals surface area contributed by atoms with Crippen molar-refractivity contribution in [1.29, 1.82) is 0 Å². The van der Waals surface area contributed by atoms with Crippen molar-refractivity contribution in [3.05, 3.63) is 35.9 Å².